The summed E-state index contributed by atoms with van der Waals surface area (Å²) < 4.78 is 10.7. The van der Waals surface area contributed by atoms with Crippen LogP contribution in [0.4, 0.5) is 5.69 Å². The van der Waals surface area contributed by atoms with Gasteiger partial charge in [-0.2, -0.15) is 5.10 Å². The Hall–Kier alpha value is -3.10. The predicted octanol–water partition coefficient (Wildman–Crippen LogP) is 4.81. The van der Waals surface area contributed by atoms with Crippen molar-refractivity contribution >= 4 is 52.0 Å². The van der Waals surface area contributed by atoms with Crippen LogP contribution in [0.1, 0.15) is 23.0 Å². The fourth-order valence-electron chi connectivity index (χ4n) is 2.41. The van der Waals surface area contributed by atoms with E-state index in [1.54, 1.807) is 12.1 Å². The number of carbonyl (C=O) groups excluding carboxylic acids is 1. The van der Waals surface area contributed by atoms with Crippen molar-refractivity contribution in [3.8, 4) is 5.75 Å². The molecule has 0 saturated heterocycles. The maximum Gasteiger partial charge on any atom is 0.307 e. The Morgan fingerprint density at radius 1 is 1.29 bits per heavy atom. The fourth-order valence-corrected chi connectivity index (χ4v) is 3.03. The molecule has 1 amide bonds. The van der Waals surface area contributed by atoms with Gasteiger partial charge in [0.1, 0.15) is 5.58 Å². The smallest absolute Gasteiger partial charge is 0.307 e. The van der Waals surface area contributed by atoms with Crippen molar-refractivity contribution in [1.29, 1.82) is 0 Å². The van der Waals surface area contributed by atoms with Crippen LogP contribution in [0.2, 0.25) is 10.0 Å². The van der Waals surface area contributed by atoms with E-state index in [1.807, 2.05) is 6.92 Å². The van der Waals surface area contributed by atoms with Gasteiger partial charge in [0.05, 0.1) is 27.8 Å². The van der Waals surface area contributed by atoms with Crippen LogP contribution in [0.25, 0.3) is 11.0 Å². The van der Waals surface area contributed by atoms with Crippen LogP contribution >= 0.6 is 23.2 Å². The lowest BCUT2D eigenvalue weighted by atomic mass is 10.2. The Balaban J connectivity index is 1.73. The van der Waals surface area contributed by atoms with E-state index in [9.17, 15) is 14.9 Å². The quantitative estimate of drug-likeness (QED) is 0.349. The van der Waals surface area contributed by atoms with E-state index in [2.05, 4.69) is 10.5 Å². The van der Waals surface area contributed by atoms with E-state index in [0.717, 1.165) is 0 Å². The number of amides is 1. The number of carbonyl (C=O) groups is 1. The first-order valence-electron chi connectivity index (χ1n) is 8.02. The second-order valence-corrected chi connectivity index (χ2v) is 6.35. The highest BCUT2D eigenvalue weighted by Gasteiger charge is 2.14. The van der Waals surface area contributed by atoms with Crippen LogP contribution in [0.5, 0.6) is 5.75 Å². The molecule has 0 radical (unpaired) electrons. The van der Waals surface area contributed by atoms with E-state index in [4.69, 9.17) is 32.4 Å². The highest BCUT2D eigenvalue weighted by atomic mass is 35.5. The van der Waals surface area contributed by atoms with Gasteiger partial charge in [-0.1, -0.05) is 23.2 Å². The third kappa shape index (κ3) is 4.24. The average molecular weight is 422 g/mol. The lowest BCUT2D eigenvalue weighted by molar-refractivity contribution is -0.384. The van der Waals surface area contributed by atoms with E-state index < -0.39 is 10.8 Å². The van der Waals surface area contributed by atoms with E-state index in [-0.39, 0.29) is 11.4 Å². The summed E-state index contributed by atoms with van der Waals surface area (Å²) in [6, 6.07) is 8.63. The summed E-state index contributed by atoms with van der Waals surface area (Å²) >= 11 is 12.2. The summed E-state index contributed by atoms with van der Waals surface area (Å²) in [6.45, 7) is 2.23. The van der Waals surface area contributed by atoms with Crippen molar-refractivity contribution < 1.29 is 18.9 Å². The van der Waals surface area contributed by atoms with Crippen LogP contribution in [0, 0.1) is 10.1 Å². The Morgan fingerprint density at radius 2 is 2.00 bits per heavy atom. The Kier molecular flexibility index (Phi) is 5.81. The summed E-state index contributed by atoms with van der Waals surface area (Å²) in [4.78, 5) is 22.5. The Morgan fingerprint density at radius 3 is 2.64 bits per heavy atom. The molecule has 10 heteroatoms. The Labute approximate surface area is 168 Å². The molecule has 1 N–H and O–H groups in total. The zero-order chi connectivity index (χ0) is 20.3. The minimum atomic E-state index is -0.613. The van der Waals surface area contributed by atoms with Crippen LogP contribution in [-0.4, -0.2) is 23.7 Å². The molecule has 144 valence electrons. The first kappa shape index (κ1) is 19.7. The first-order chi connectivity index (χ1) is 13.4. The minimum absolute atomic E-state index is 0.0320. The van der Waals surface area contributed by atoms with Crippen LogP contribution in [0.15, 0.2) is 45.9 Å². The summed E-state index contributed by atoms with van der Waals surface area (Å²) in [7, 11) is 0. The van der Waals surface area contributed by atoms with Crippen molar-refractivity contribution in [3.63, 3.8) is 0 Å². The van der Waals surface area contributed by atoms with Gasteiger partial charge in [-0.3, -0.25) is 14.9 Å². The van der Waals surface area contributed by atoms with Crippen molar-refractivity contribution in [1.82, 2.24) is 5.43 Å². The number of nitro benzene ring substituents is 1. The van der Waals surface area contributed by atoms with Gasteiger partial charge in [-0.05, 0) is 36.8 Å². The maximum absolute atomic E-state index is 12.2. The summed E-state index contributed by atoms with van der Waals surface area (Å²) in [5.41, 5.74) is 3.12. The number of nitro groups is 1. The minimum Gasteiger partial charge on any atom is -0.491 e. The number of ether oxygens (including phenoxy) is 1. The van der Waals surface area contributed by atoms with Gasteiger partial charge in [0, 0.05) is 17.5 Å². The highest BCUT2D eigenvalue weighted by molar-refractivity contribution is 6.37. The number of hydrogen-bond donors (Lipinski definition) is 1. The zero-order valence-electron chi connectivity index (χ0n) is 14.4. The molecule has 0 aliphatic carbocycles. The molecule has 0 aliphatic heterocycles. The molecular formula is C18H13Cl2N3O5. The van der Waals surface area contributed by atoms with E-state index >= 15 is 0 Å². The van der Waals surface area contributed by atoms with Gasteiger partial charge in [-0.25, -0.2) is 5.43 Å². The lowest BCUT2D eigenvalue weighted by Crippen LogP contribution is -2.16. The Bertz CT molecular complexity index is 1070. The van der Waals surface area contributed by atoms with Crippen molar-refractivity contribution in [2.75, 3.05) is 6.61 Å². The molecule has 3 rings (SSSR count). The predicted molar refractivity (Wildman–Crippen MR) is 106 cm³/mol. The molecular weight excluding hydrogens is 409 g/mol. The van der Waals surface area contributed by atoms with Crippen molar-refractivity contribution in [3.05, 3.63) is 67.9 Å². The first-order valence-corrected chi connectivity index (χ1v) is 8.78. The molecule has 0 spiro atoms. The molecule has 2 aromatic carbocycles. The topological polar surface area (TPSA) is 107 Å². The lowest BCUT2D eigenvalue weighted by Gasteiger charge is -2.08. The van der Waals surface area contributed by atoms with E-state index in [1.165, 1.54) is 30.5 Å². The molecule has 0 aliphatic rings. The number of halogens is 2. The monoisotopic (exact) mass is 421 g/mol. The van der Waals surface area contributed by atoms with Gasteiger partial charge in [0.2, 0.25) is 0 Å². The van der Waals surface area contributed by atoms with Gasteiger partial charge in [0.15, 0.2) is 11.5 Å². The number of fused-ring (bicyclic) bond motifs is 1. The maximum atomic E-state index is 12.2. The number of hydrazone groups is 1. The summed E-state index contributed by atoms with van der Waals surface area (Å²) in [6.07, 6.45) is 1.36. The molecule has 0 saturated carbocycles. The van der Waals surface area contributed by atoms with E-state index in [0.29, 0.717) is 38.9 Å². The average Bonchev–Trinajstić information content (AvgIpc) is 3.08. The fraction of sp³-hybridized carbons (Fsp3) is 0.111. The molecule has 0 fully saturated rings. The normalized spacial score (nSPS) is 11.1. The van der Waals surface area contributed by atoms with Gasteiger partial charge < -0.3 is 9.15 Å². The largest absolute Gasteiger partial charge is 0.491 e. The number of hydrogen-bond acceptors (Lipinski definition) is 6. The number of non-ortho nitro benzene ring substituents is 1. The molecule has 1 heterocycles. The van der Waals surface area contributed by atoms with Crippen LogP contribution in [-0.2, 0) is 0 Å². The molecule has 28 heavy (non-hydrogen) atoms. The van der Waals surface area contributed by atoms with Gasteiger partial charge in [0.25, 0.3) is 5.69 Å². The number of nitrogens with one attached hydrogen (secondary N) is 1. The second-order valence-electron chi connectivity index (χ2n) is 5.54. The standard InChI is InChI=1S/C18H13Cl2N3O5/c1-2-27-17-13(19)5-10(6-14(17)20)9-21-22-18(24)16-8-11-7-12(23(25)26)3-4-15(11)28-16/h3-9H,2H2,1H3,(H,22,24)/b21-9+. The van der Waals surface area contributed by atoms with Gasteiger partial charge in [-0.15, -0.1) is 0 Å². The number of furan rings is 1. The molecule has 0 atom stereocenters. The molecule has 0 bridgehead atoms. The highest BCUT2D eigenvalue weighted by Crippen LogP contribution is 2.33. The number of nitrogens with zero attached hydrogens (tertiary/aromatic N) is 2. The zero-order valence-corrected chi connectivity index (χ0v) is 16.0. The molecule has 1 aromatic heterocycles. The third-order valence-electron chi connectivity index (χ3n) is 3.62. The van der Waals surface area contributed by atoms with Crippen LogP contribution < -0.4 is 10.2 Å². The molecule has 0 unspecified atom stereocenters. The van der Waals surface area contributed by atoms with Crippen molar-refractivity contribution in [2.24, 2.45) is 5.10 Å². The number of benzene rings is 2. The third-order valence-corrected chi connectivity index (χ3v) is 4.18. The summed E-state index contributed by atoms with van der Waals surface area (Å²) in [5.74, 6) is -0.267. The summed E-state index contributed by atoms with van der Waals surface area (Å²) in [5, 5.41) is 15.7. The number of rotatable bonds is 6. The molecule has 8 nitrogen and oxygen atoms in total. The SMILES string of the molecule is CCOc1c(Cl)cc(/C=N/NC(=O)c2cc3cc([N+](=O)[O-])ccc3o2)cc1Cl. The van der Waals surface area contributed by atoms with Crippen molar-refractivity contribution in [2.45, 2.75) is 6.92 Å². The van der Waals surface area contributed by atoms with Gasteiger partial charge >= 0.3 is 5.91 Å². The second kappa shape index (κ2) is 8.28. The molecule has 3 aromatic rings. The van der Waals surface area contributed by atoms with Crippen LogP contribution in [0.3, 0.4) is 0 Å².